The van der Waals surface area contributed by atoms with Gasteiger partial charge in [0.2, 0.25) is 0 Å². The fourth-order valence-corrected chi connectivity index (χ4v) is 3.75. The van der Waals surface area contributed by atoms with E-state index in [-0.39, 0.29) is 0 Å². The quantitative estimate of drug-likeness (QED) is 0.703. The lowest BCUT2D eigenvalue weighted by molar-refractivity contribution is 0.590. The molecule has 0 saturated heterocycles. The second-order valence-electron chi connectivity index (χ2n) is 4.35. The standard InChI is InChI=1S/C15H14OS/c1-2-11-7-8-13-10-12-5-3-4-6-14(12)17(16)15(13)9-11/h3-9H,2,10H2,1H3. The Balaban J connectivity index is 2.13. The summed E-state index contributed by atoms with van der Waals surface area (Å²) in [6.07, 6.45) is 1.90. The molecule has 1 nitrogen and oxygen atoms in total. The van der Waals surface area contributed by atoms with E-state index in [4.69, 9.17) is 0 Å². The maximum atomic E-state index is 12.5. The molecule has 0 aromatic heterocycles. The van der Waals surface area contributed by atoms with Gasteiger partial charge in [-0.15, -0.1) is 0 Å². The van der Waals surface area contributed by atoms with E-state index in [1.807, 2.05) is 18.2 Å². The smallest absolute Gasteiger partial charge is 0.162 e. The normalized spacial score (nSPS) is 17.4. The van der Waals surface area contributed by atoms with Crippen molar-refractivity contribution < 1.29 is 4.55 Å². The van der Waals surface area contributed by atoms with Gasteiger partial charge >= 0.3 is 0 Å². The minimum atomic E-state index is -1.00. The molecular weight excluding hydrogens is 228 g/mol. The van der Waals surface area contributed by atoms with Crippen LogP contribution in [0.1, 0.15) is 23.6 Å². The summed E-state index contributed by atoms with van der Waals surface area (Å²) >= 11 is -1.00. The first-order chi connectivity index (χ1) is 8.29. The van der Waals surface area contributed by atoms with E-state index in [0.717, 1.165) is 22.6 Å². The van der Waals surface area contributed by atoms with Gasteiger partial charge in [-0.1, -0.05) is 37.3 Å². The summed E-state index contributed by atoms with van der Waals surface area (Å²) in [4.78, 5) is 1.98. The predicted octanol–water partition coefficient (Wildman–Crippen LogP) is 3.32. The van der Waals surface area contributed by atoms with E-state index in [0.29, 0.717) is 0 Å². The molecule has 0 radical (unpaired) electrons. The summed E-state index contributed by atoms with van der Waals surface area (Å²) in [5, 5.41) is 0. The second kappa shape index (κ2) is 4.21. The summed E-state index contributed by atoms with van der Waals surface area (Å²) in [6, 6.07) is 14.4. The van der Waals surface area contributed by atoms with Crippen LogP contribution in [0.4, 0.5) is 0 Å². The Morgan fingerprint density at radius 1 is 1.06 bits per heavy atom. The van der Waals surface area contributed by atoms with Gasteiger partial charge in [-0.25, -0.2) is 0 Å². The van der Waals surface area contributed by atoms with E-state index in [1.165, 1.54) is 16.7 Å². The van der Waals surface area contributed by atoms with Gasteiger partial charge in [-0.05, 0) is 24.1 Å². The van der Waals surface area contributed by atoms with Crippen LogP contribution in [0.3, 0.4) is 0 Å². The predicted molar refractivity (Wildman–Crippen MR) is 69.7 cm³/mol. The lowest BCUT2D eigenvalue weighted by Gasteiger charge is -2.21. The van der Waals surface area contributed by atoms with Crippen molar-refractivity contribution in [3.05, 3.63) is 59.2 Å². The molecule has 0 bridgehead atoms. The molecule has 0 amide bonds. The van der Waals surface area contributed by atoms with E-state index >= 15 is 0 Å². The molecule has 0 aliphatic carbocycles. The molecule has 1 heterocycles. The summed E-state index contributed by atoms with van der Waals surface area (Å²) in [5.74, 6) is 0. The summed E-state index contributed by atoms with van der Waals surface area (Å²) < 4.78 is 12.5. The highest BCUT2D eigenvalue weighted by Gasteiger charge is 2.27. The lowest BCUT2D eigenvalue weighted by atomic mass is 10.0. The minimum Gasteiger partial charge on any atom is -0.606 e. The fourth-order valence-electron chi connectivity index (χ4n) is 2.29. The molecule has 2 aromatic rings. The van der Waals surface area contributed by atoms with Gasteiger partial charge in [0.05, 0.1) is 0 Å². The Morgan fingerprint density at radius 3 is 2.65 bits per heavy atom. The van der Waals surface area contributed by atoms with Crippen LogP contribution in [0.2, 0.25) is 0 Å². The first kappa shape index (κ1) is 10.9. The zero-order valence-corrected chi connectivity index (χ0v) is 10.6. The molecule has 86 valence electrons. The molecule has 17 heavy (non-hydrogen) atoms. The van der Waals surface area contributed by atoms with Crippen LogP contribution in [0.15, 0.2) is 52.3 Å². The van der Waals surface area contributed by atoms with Crippen molar-refractivity contribution in [2.45, 2.75) is 29.6 Å². The molecule has 0 fully saturated rings. The average Bonchev–Trinajstić information content (AvgIpc) is 2.39. The fraction of sp³-hybridized carbons (Fsp3) is 0.200. The van der Waals surface area contributed by atoms with Crippen LogP contribution in [0, 0.1) is 0 Å². The van der Waals surface area contributed by atoms with Crippen LogP contribution in [0.25, 0.3) is 0 Å². The molecule has 3 rings (SSSR count). The molecule has 1 aliphatic heterocycles. The number of benzene rings is 2. The molecule has 0 spiro atoms. The van der Waals surface area contributed by atoms with Gasteiger partial charge in [-0.3, -0.25) is 0 Å². The van der Waals surface area contributed by atoms with Gasteiger partial charge in [0.15, 0.2) is 9.79 Å². The number of rotatable bonds is 1. The van der Waals surface area contributed by atoms with Crippen LogP contribution >= 0.6 is 0 Å². The van der Waals surface area contributed by atoms with Gasteiger partial charge in [-0.2, -0.15) is 0 Å². The van der Waals surface area contributed by atoms with Crippen molar-refractivity contribution in [3.63, 3.8) is 0 Å². The third kappa shape index (κ3) is 1.78. The zero-order chi connectivity index (χ0) is 11.8. The number of hydrogen-bond donors (Lipinski definition) is 0. The third-order valence-corrected chi connectivity index (χ3v) is 4.87. The van der Waals surface area contributed by atoms with Crippen molar-refractivity contribution in [1.29, 1.82) is 0 Å². The summed E-state index contributed by atoms with van der Waals surface area (Å²) in [7, 11) is 0. The van der Waals surface area contributed by atoms with E-state index < -0.39 is 11.2 Å². The van der Waals surface area contributed by atoms with Crippen molar-refractivity contribution in [1.82, 2.24) is 0 Å². The van der Waals surface area contributed by atoms with Gasteiger partial charge in [0.25, 0.3) is 0 Å². The monoisotopic (exact) mass is 242 g/mol. The Morgan fingerprint density at radius 2 is 1.82 bits per heavy atom. The molecule has 2 aromatic carbocycles. The summed E-state index contributed by atoms with van der Waals surface area (Å²) in [5.41, 5.74) is 3.67. The van der Waals surface area contributed by atoms with Gasteiger partial charge in [0.1, 0.15) is 0 Å². The molecule has 2 heteroatoms. The number of fused-ring (bicyclic) bond motifs is 2. The Bertz CT molecular complexity index is 563. The molecular formula is C15H14OS. The zero-order valence-electron chi connectivity index (χ0n) is 9.77. The van der Waals surface area contributed by atoms with Gasteiger partial charge in [0, 0.05) is 28.7 Å². The van der Waals surface area contributed by atoms with Crippen molar-refractivity contribution in [2.24, 2.45) is 0 Å². The van der Waals surface area contributed by atoms with Crippen LogP contribution < -0.4 is 0 Å². The highest BCUT2D eigenvalue weighted by molar-refractivity contribution is 7.91. The average molecular weight is 242 g/mol. The Hall–Kier alpha value is -1.25. The van der Waals surface area contributed by atoms with Crippen molar-refractivity contribution >= 4 is 11.2 Å². The largest absolute Gasteiger partial charge is 0.606 e. The number of hydrogen-bond acceptors (Lipinski definition) is 1. The number of aryl methyl sites for hydroxylation is 1. The maximum Gasteiger partial charge on any atom is 0.162 e. The van der Waals surface area contributed by atoms with Crippen LogP contribution in [-0.2, 0) is 24.0 Å². The summed E-state index contributed by atoms with van der Waals surface area (Å²) in [6.45, 7) is 2.13. The maximum absolute atomic E-state index is 12.5. The first-order valence-electron chi connectivity index (χ1n) is 5.91. The highest BCUT2D eigenvalue weighted by Crippen LogP contribution is 2.34. The third-order valence-electron chi connectivity index (χ3n) is 3.29. The van der Waals surface area contributed by atoms with Gasteiger partial charge < -0.3 is 4.55 Å². The highest BCUT2D eigenvalue weighted by atomic mass is 32.2. The van der Waals surface area contributed by atoms with E-state index in [2.05, 4.69) is 31.2 Å². The Labute approximate surface area is 105 Å². The molecule has 0 saturated carbocycles. The van der Waals surface area contributed by atoms with E-state index in [9.17, 15) is 4.55 Å². The molecule has 1 aliphatic rings. The molecule has 1 atom stereocenters. The Kier molecular flexibility index (Phi) is 2.69. The second-order valence-corrected chi connectivity index (χ2v) is 5.77. The minimum absolute atomic E-state index is 0.904. The first-order valence-corrected chi connectivity index (χ1v) is 7.06. The topological polar surface area (TPSA) is 23.1 Å². The van der Waals surface area contributed by atoms with Crippen molar-refractivity contribution in [3.8, 4) is 0 Å². The van der Waals surface area contributed by atoms with E-state index in [1.54, 1.807) is 0 Å². The SMILES string of the molecule is CCc1ccc2c(c1)[S+]([O-])c1ccccc1C2. The van der Waals surface area contributed by atoms with Crippen LogP contribution in [0.5, 0.6) is 0 Å². The lowest BCUT2D eigenvalue weighted by Crippen LogP contribution is -2.14. The molecule has 1 unspecified atom stereocenters. The van der Waals surface area contributed by atoms with Crippen LogP contribution in [-0.4, -0.2) is 4.55 Å². The molecule has 0 N–H and O–H groups in total. The van der Waals surface area contributed by atoms with Crippen molar-refractivity contribution in [2.75, 3.05) is 0 Å².